The molecule has 1 aromatic heterocycles. The van der Waals surface area contributed by atoms with Crippen LogP contribution in [-0.4, -0.2) is 21.8 Å². The molecule has 0 radical (unpaired) electrons. The molecule has 0 saturated heterocycles. The number of nitrogens with two attached hydrogens (primary N) is 2. The molecule has 0 atom stereocenters. The van der Waals surface area contributed by atoms with Gasteiger partial charge in [-0.05, 0) is 29.3 Å². The van der Waals surface area contributed by atoms with Crippen LogP contribution in [0.3, 0.4) is 0 Å². The Labute approximate surface area is 160 Å². The lowest BCUT2D eigenvalue weighted by molar-refractivity contribution is 0.0949. The normalized spacial score (nSPS) is 10.5. The van der Waals surface area contributed by atoms with Crippen molar-refractivity contribution in [3.8, 4) is 0 Å². The number of carbonyl (C=O) groups is 2. The van der Waals surface area contributed by atoms with E-state index in [0.29, 0.717) is 17.8 Å². The first kappa shape index (κ1) is 19.0. The Morgan fingerprint density at radius 3 is 2.57 bits per heavy atom. The maximum absolute atomic E-state index is 14.2. The number of nitrogen functional groups attached to an aromatic ring is 1. The van der Waals surface area contributed by atoms with Gasteiger partial charge in [-0.3, -0.25) is 9.59 Å². The van der Waals surface area contributed by atoms with Gasteiger partial charge in [0.2, 0.25) is 0 Å². The van der Waals surface area contributed by atoms with Gasteiger partial charge in [0.25, 0.3) is 11.8 Å². The van der Waals surface area contributed by atoms with Crippen molar-refractivity contribution in [1.29, 1.82) is 0 Å². The first-order valence-corrected chi connectivity index (χ1v) is 8.46. The maximum Gasteiger partial charge on any atom is 0.271 e. The van der Waals surface area contributed by atoms with Crippen LogP contribution in [0.2, 0.25) is 0 Å². The van der Waals surface area contributed by atoms with Crippen LogP contribution >= 0.6 is 0 Å². The number of anilines is 1. The molecule has 0 fully saturated rings. The van der Waals surface area contributed by atoms with Crippen LogP contribution in [0.25, 0.3) is 0 Å². The number of aromatic nitrogens is 2. The summed E-state index contributed by atoms with van der Waals surface area (Å²) in [5.41, 5.74) is 12.4. The second kappa shape index (κ2) is 8.26. The molecule has 0 unspecified atom stereocenters. The third-order valence-corrected chi connectivity index (χ3v) is 4.06. The average molecular weight is 379 g/mol. The fraction of sp³-hybridized carbons (Fsp3) is 0.100. The number of nitrogens with one attached hydrogen (secondary N) is 1. The van der Waals surface area contributed by atoms with Crippen molar-refractivity contribution in [3.05, 3.63) is 88.6 Å². The predicted octanol–water partition coefficient (Wildman–Crippen LogP) is 1.82. The van der Waals surface area contributed by atoms with E-state index < -0.39 is 11.7 Å². The highest BCUT2D eigenvalue weighted by Gasteiger charge is 2.14. The largest absolute Gasteiger partial charge is 0.382 e. The molecule has 8 heteroatoms. The van der Waals surface area contributed by atoms with Crippen LogP contribution < -0.4 is 16.8 Å². The molecule has 28 heavy (non-hydrogen) atoms. The van der Waals surface area contributed by atoms with Gasteiger partial charge in [0, 0.05) is 18.5 Å². The van der Waals surface area contributed by atoms with Crippen LogP contribution in [-0.2, 0) is 13.0 Å². The Kier molecular flexibility index (Phi) is 5.59. The van der Waals surface area contributed by atoms with E-state index in [9.17, 15) is 14.0 Å². The molecule has 0 aliphatic carbocycles. The van der Waals surface area contributed by atoms with E-state index in [1.54, 1.807) is 0 Å². The van der Waals surface area contributed by atoms with Crippen molar-refractivity contribution in [1.82, 2.24) is 15.3 Å². The molecule has 0 bridgehead atoms. The van der Waals surface area contributed by atoms with Crippen LogP contribution in [0.15, 0.2) is 54.7 Å². The molecule has 0 aliphatic rings. The molecule has 0 aliphatic heterocycles. The van der Waals surface area contributed by atoms with Crippen molar-refractivity contribution in [2.45, 2.75) is 13.0 Å². The third kappa shape index (κ3) is 4.47. The summed E-state index contributed by atoms with van der Waals surface area (Å²) in [6.07, 6.45) is 1.36. The number of nitrogens with zero attached hydrogens (tertiary/aromatic N) is 2. The van der Waals surface area contributed by atoms with Crippen LogP contribution in [0, 0.1) is 5.82 Å². The van der Waals surface area contributed by atoms with Crippen molar-refractivity contribution < 1.29 is 14.0 Å². The smallest absolute Gasteiger partial charge is 0.271 e. The Morgan fingerprint density at radius 1 is 1.11 bits per heavy atom. The van der Waals surface area contributed by atoms with Gasteiger partial charge >= 0.3 is 0 Å². The van der Waals surface area contributed by atoms with Gasteiger partial charge in [-0.15, -0.1) is 0 Å². The summed E-state index contributed by atoms with van der Waals surface area (Å²) in [4.78, 5) is 31.6. The van der Waals surface area contributed by atoms with Gasteiger partial charge in [0.15, 0.2) is 11.5 Å². The fourth-order valence-corrected chi connectivity index (χ4v) is 2.63. The van der Waals surface area contributed by atoms with Gasteiger partial charge < -0.3 is 16.8 Å². The summed E-state index contributed by atoms with van der Waals surface area (Å²) in [6, 6.07) is 13.5. The Bertz CT molecular complexity index is 1020. The first-order chi connectivity index (χ1) is 13.4. The van der Waals surface area contributed by atoms with Crippen molar-refractivity contribution in [3.63, 3.8) is 0 Å². The Morgan fingerprint density at radius 2 is 1.86 bits per heavy atom. The number of benzene rings is 2. The summed E-state index contributed by atoms with van der Waals surface area (Å²) in [7, 11) is 0. The van der Waals surface area contributed by atoms with E-state index >= 15 is 0 Å². The lowest BCUT2D eigenvalue weighted by atomic mass is 10.0. The van der Waals surface area contributed by atoms with E-state index in [1.165, 1.54) is 24.4 Å². The van der Waals surface area contributed by atoms with Gasteiger partial charge in [-0.2, -0.15) is 0 Å². The molecule has 7 nitrogen and oxygen atoms in total. The van der Waals surface area contributed by atoms with Gasteiger partial charge in [-0.1, -0.05) is 30.3 Å². The van der Waals surface area contributed by atoms with Gasteiger partial charge in [0.05, 0.1) is 11.9 Å². The van der Waals surface area contributed by atoms with E-state index in [1.807, 2.05) is 30.3 Å². The Balaban J connectivity index is 1.77. The molecule has 0 spiro atoms. The lowest BCUT2D eigenvalue weighted by Crippen LogP contribution is -2.23. The highest BCUT2D eigenvalue weighted by Crippen LogP contribution is 2.16. The molecule has 0 saturated carbocycles. The van der Waals surface area contributed by atoms with E-state index in [2.05, 4.69) is 15.3 Å². The monoisotopic (exact) mass is 379 g/mol. The second-order valence-corrected chi connectivity index (χ2v) is 6.11. The Hall–Kier alpha value is -3.81. The number of hydrogen-bond acceptors (Lipinski definition) is 5. The molecule has 2 aromatic carbocycles. The van der Waals surface area contributed by atoms with Gasteiger partial charge in [-0.25, -0.2) is 14.4 Å². The van der Waals surface area contributed by atoms with Crippen LogP contribution in [0.1, 0.15) is 37.7 Å². The molecule has 2 amide bonds. The number of halogens is 1. The predicted molar refractivity (Wildman–Crippen MR) is 102 cm³/mol. The third-order valence-electron chi connectivity index (χ3n) is 4.06. The average Bonchev–Trinajstić information content (AvgIpc) is 2.69. The number of carbonyl (C=O) groups excluding carboxylic acids is 2. The standard InChI is InChI=1S/C20H18FN5O2/c21-16-7-6-13(20(28)25-10-12-4-2-1-3-5-12)8-14(16)9-15-11-24-18(22)17(26-15)19(23)27/h1-8,11H,9-10H2,(H2,22,24)(H2,23,27)(H,25,28). The fourth-order valence-electron chi connectivity index (χ4n) is 2.63. The summed E-state index contributed by atoms with van der Waals surface area (Å²) in [6.45, 7) is 0.359. The zero-order chi connectivity index (χ0) is 20.1. The molecule has 3 aromatic rings. The number of primary amides is 1. The topological polar surface area (TPSA) is 124 Å². The second-order valence-electron chi connectivity index (χ2n) is 6.11. The minimum absolute atomic E-state index is 0.0270. The highest BCUT2D eigenvalue weighted by molar-refractivity contribution is 5.95. The summed E-state index contributed by atoms with van der Waals surface area (Å²) in [5.74, 6) is -1.74. The number of amides is 2. The van der Waals surface area contributed by atoms with Crippen molar-refractivity contribution in [2.24, 2.45) is 5.73 Å². The van der Waals surface area contributed by atoms with Crippen molar-refractivity contribution in [2.75, 3.05) is 5.73 Å². The molecule has 142 valence electrons. The zero-order valence-electron chi connectivity index (χ0n) is 14.9. The summed E-state index contributed by atoms with van der Waals surface area (Å²) < 4.78 is 14.2. The number of rotatable bonds is 6. The van der Waals surface area contributed by atoms with Crippen LogP contribution in [0.5, 0.6) is 0 Å². The van der Waals surface area contributed by atoms with Crippen molar-refractivity contribution >= 4 is 17.6 Å². The molecule has 5 N–H and O–H groups in total. The SMILES string of the molecule is NC(=O)c1nc(Cc2cc(C(=O)NCc3ccccc3)ccc2F)cnc1N. The van der Waals surface area contributed by atoms with E-state index in [0.717, 1.165) is 5.56 Å². The van der Waals surface area contributed by atoms with E-state index in [-0.39, 0.29) is 29.4 Å². The van der Waals surface area contributed by atoms with Gasteiger partial charge in [0.1, 0.15) is 5.82 Å². The highest BCUT2D eigenvalue weighted by atomic mass is 19.1. The molecule has 3 rings (SSSR count). The number of hydrogen-bond donors (Lipinski definition) is 3. The molecule has 1 heterocycles. The lowest BCUT2D eigenvalue weighted by Gasteiger charge is -2.09. The summed E-state index contributed by atoms with van der Waals surface area (Å²) in [5, 5.41) is 2.79. The first-order valence-electron chi connectivity index (χ1n) is 8.46. The molecular formula is C20H18FN5O2. The quantitative estimate of drug-likeness (QED) is 0.603. The maximum atomic E-state index is 14.2. The minimum Gasteiger partial charge on any atom is -0.382 e. The zero-order valence-corrected chi connectivity index (χ0v) is 14.9. The van der Waals surface area contributed by atoms with Crippen LogP contribution in [0.4, 0.5) is 10.2 Å². The molecular weight excluding hydrogens is 361 g/mol. The summed E-state index contributed by atoms with van der Waals surface area (Å²) >= 11 is 0. The minimum atomic E-state index is -0.818. The van der Waals surface area contributed by atoms with E-state index in [4.69, 9.17) is 11.5 Å².